The molecule has 170 valence electrons. The van der Waals surface area contributed by atoms with Gasteiger partial charge in [0.15, 0.2) is 11.5 Å². The van der Waals surface area contributed by atoms with Gasteiger partial charge in [0, 0.05) is 41.4 Å². The number of aromatic nitrogens is 2. The lowest BCUT2D eigenvalue weighted by molar-refractivity contribution is -0.114. The van der Waals surface area contributed by atoms with E-state index in [1.807, 2.05) is 29.6 Å². The Bertz CT molecular complexity index is 1310. The number of hydrogen-bond acceptors (Lipinski definition) is 9. The number of thiophene rings is 1. The van der Waals surface area contributed by atoms with E-state index in [0.717, 1.165) is 15.8 Å². The number of nitrogens with zero attached hydrogens (tertiary/aromatic N) is 2. The summed E-state index contributed by atoms with van der Waals surface area (Å²) >= 11 is 1.47. The van der Waals surface area contributed by atoms with Crippen LogP contribution in [0.5, 0.6) is 17.2 Å². The van der Waals surface area contributed by atoms with E-state index in [-0.39, 0.29) is 5.91 Å². The first kappa shape index (κ1) is 22.2. The molecule has 2 heterocycles. The van der Waals surface area contributed by atoms with Gasteiger partial charge in [-0.3, -0.25) is 4.79 Å². The van der Waals surface area contributed by atoms with Crippen molar-refractivity contribution in [2.45, 2.75) is 6.92 Å². The van der Waals surface area contributed by atoms with Crippen LogP contribution < -0.4 is 30.6 Å². The molecule has 0 aliphatic heterocycles. The second-order valence-electron chi connectivity index (χ2n) is 7.06. The highest BCUT2D eigenvalue weighted by molar-refractivity contribution is 7.18. The van der Waals surface area contributed by atoms with Gasteiger partial charge in [-0.1, -0.05) is 12.1 Å². The van der Waals surface area contributed by atoms with Crippen molar-refractivity contribution < 1.29 is 19.0 Å². The van der Waals surface area contributed by atoms with Gasteiger partial charge >= 0.3 is 0 Å². The first-order valence-corrected chi connectivity index (χ1v) is 10.8. The fourth-order valence-electron chi connectivity index (χ4n) is 3.45. The van der Waals surface area contributed by atoms with Crippen LogP contribution in [-0.4, -0.2) is 37.2 Å². The van der Waals surface area contributed by atoms with Crippen molar-refractivity contribution in [2.24, 2.45) is 0 Å². The Hall–Kier alpha value is -4.05. The van der Waals surface area contributed by atoms with Crippen LogP contribution >= 0.6 is 11.3 Å². The summed E-state index contributed by atoms with van der Waals surface area (Å²) in [6.45, 7) is 1.47. The van der Waals surface area contributed by atoms with Gasteiger partial charge in [-0.15, -0.1) is 11.3 Å². The zero-order chi connectivity index (χ0) is 23.5. The van der Waals surface area contributed by atoms with Crippen molar-refractivity contribution in [3.63, 3.8) is 0 Å². The average molecular weight is 466 g/mol. The summed E-state index contributed by atoms with van der Waals surface area (Å²) in [4.78, 5) is 20.6. The molecule has 9 nitrogen and oxygen atoms in total. The maximum atomic E-state index is 11.4. The van der Waals surface area contributed by atoms with Crippen LogP contribution in [0.1, 0.15) is 6.92 Å². The molecule has 0 aliphatic carbocycles. The Morgan fingerprint density at radius 2 is 1.73 bits per heavy atom. The minimum atomic E-state index is -0.134. The van der Waals surface area contributed by atoms with Crippen molar-refractivity contribution in [1.82, 2.24) is 9.97 Å². The number of hydrogen-bond donors (Lipinski definition) is 3. The van der Waals surface area contributed by atoms with Crippen LogP contribution in [0.4, 0.5) is 23.1 Å². The van der Waals surface area contributed by atoms with E-state index in [4.69, 9.17) is 24.9 Å². The molecule has 0 saturated heterocycles. The molecule has 2 aromatic heterocycles. The Balaban J connectivity index is 1.75. The minimum absolute atomic E-state index is 0.134. The smallest absolute Gasteiger partial charge is 0.229 e. The van der Waals surface area contributed by atoms with Gasteiger partial charge in [-0.2, -0.15) is 4.98 Å². The number of rotatable bonds is 7. The lowest BCUT2D eigenvalue weighted by atomic mass is 10.1. The molecule has 0 fully saturated rings. The van der Waals surface area contributed by atoms with Crippen molar-refractivity contribution in [2.75, 3.05) is 37.7 Å². The molecule has 0 atom stereocenters. The number of nitrogen functional groups attached to an aromatic ring is 1. The van der Waals surface area contributed by atoms with Crippen molar-refractivity contribution in [3.05, 3.63) is 41.8 Å². The largest absolute Gasteiger partial charge is 0.493 e. The fourth-order valence-corrected chi connectivity index (χ4v) is 4.37. The summed E-state index contributed by atoms with van der Waals surface area (Å²) in [5.74, 6) is 2.04. The van der Waals surface area contributed by atoms with Crippen LogP contribution in [0.2, 0.25) is 0 Å². The lowest BCUT2D eigenvalue weighted by Crippen LogP contribution is -2.05. The molecule has 1 amide bonds. The Morgan fingerprint density at radius 1 is 1.00 bits per heavy atom. The third kappa shape index (κ3) is 4.46. The summed E-state index contributed by atoms with van der Waals surface area (Å²) in [6.07, 6.45) is 0. The first-order valence-electron chi connectivity index (χ1n) is 9.93. The van der Waals surface area contributed by atoms with Crippen molar-refractivity contribution >= 4 is 50.6 Å². The predicted molar refractivity (Wildman–Crippen MR) is 131 cm³/mol. The van der Waals surface area contributed by atoms with Crippen molar-refractivity contribution in [3.8, 4) is 28.4 Å². The number of nitrogens with one attached hydrogen (secondary N) is 2. The molecule has 4 N–H and O–H groups in total. The molecule has 0 spiro atoms. The molecule has 0 saturated carbocycles. The zero-order valence-corrected chi connectivity index (χ0v) is 19.4. The number of anilines is 4. The SMILES string of the molecule is COc1cc(Nc2nc(N)c3scc(-c4cccc(NC(C)=O)c4)c3n2)cc(OC)c1OC. The first-order chi connectivity index (χ1) is 15.9. The van der Waals surface area contributed by atoms with E-state index in [1.165, 1.54) is 18.3 Å². The summed E-state index contributed by atoms with van der Waals surface area (Å²) in [7, 11) is 4.65. The highest BCUT2D eigenvalue weighted by Gasteiger charge is 2.17. The molecule has 33 heavy (non-hydrogen) atoms. The molecule has 0 radical (unpaired) electrons. The molecule has 0 bridgehead atoms. The second-order valence-corrected chi connectivity index (χ2v) is 7.94. The van der Waals surface area contributed by atoms with Gasteiger partial charge in [-0.05, 0) is 17.7 Å². The molecular formula is C23H23N5O4S. The summed E-state index contributed by atoms with van der Waals surface area (Å²) in [5.41, 5.74) is 10.1. The Labute approximate surface area is 194 Å². The molecule has 10 heteroatoms. The molecule has 2 aromatic carbocycles. The van der Waals surface area contributed by atoms with Gasteiger partial charge in [0.05, 0.1) is 31.5 Å². The van der Waals surface area contributed by atoms with Crippen LogP contribution in [0, 0.1) is 0 Å². The van der Waals surface area contributed by atoms with E-state index in [0.29, 0.717) is 45.9 Å². The van der Waals surface area contributed by atoms with Gasteiger partial charge in [0.1, 0.15) is 5.82 Å². The normalized spacial score (nSPS) is 10.7. The van der Waals surface area contributed by atoms with Crippen LogP contribution in [0.3, 0.4) is 0 Å². The molecular weight excluding hydrogens is 442 g/mol. The maximum absolute atomic E-state index is 11.4. The standard InChI is InChI=1S/C23H23N5O4S/c1-12(29)25-14-7-5-6-13(8-14)16-11-33-21-19(16)27-23(28-22(21)24)26-15-9-17(30-2)20(32-4)18(10-15)31-3/h5-11H,1-4H3,(H,25,29)(H3,24,26,27,28). The topological polar surface area (TPSA) is 121 Å². The third-order valence-electron chi connectivity index (χ3n) is 4.86. The van der Waals surface area contributed by atoms with Crippen LogP contribution in [0.25, 0.3) is 21.3 Å². The fraction of sp³-hybridized carbons (Fsp3) is 0.174. The van der Waals surface area contributed by atoms with Gasteiger partial charge in [-0.25, -0.2) is 4.98 Å². The molecule has 0 unspecified atom stereocenters. The highest BCUT2D eigenvalue weighted by Crippen LogP contribution is 2.41. The number of carbonyl (C=O) groups is 1. The monoisotopic (exact) mass is 465 g/mol. The molecule has 4 rings (SSSR count). The summed E-state index contributed by atoms with van der Waals surface area (Å²) in [6, 6.07) is 11.1. The minimum Gasteiger partial charge on any atom is -0.493 e. The van der Waals surface area contributed by atoms with E-state index in [2.05, 4.69) is 15.6 Å². The van der Waals surface area contributed by atoms with Crippen LogP contribution in [0.15, 0.2) is 41.8 Å². The van der Waals surface area contributed by atoms with Gasteiger partial charge in [0.2, 0.25) is 17.6 Å². The van der Waals surface area contributed by atoms with E-state index in [9.17, 15) is 4.79 Å². The maximum Gasteiger partial charge on any atom is 0.229 e. The number of benzene rings is 2. The number of methoxy groups -OCH3 is 3. The van der Waals surface area contributed by atoms with Crippen molar-refractivity contribution in [1.29, 1.82) is 0 Å². The lowest BCUT2D eigenvalue weighted by Gasteiger charge is -2.14. The second kappa shape index (κ2) is 9.21. The summed E-state index contributed by atoms with van der Waals surface area (Å²) < 4.78 is 17.0. The Kier molecular flexibility index (Phi) is 6.18. The summed E-state index contributed by atoms with van der Waals surface area (Å²) in [5, 5.41) is 7.95. The number of ether oxygens (including phenoxy) is 3. The van der Waals surface area contributed by atoms with Gasteiger partial charge in [0.25, 0.3) is 0 Å². The van der Waals surface area contributed by atoms with Gasteiger partial charge < -0.3 is 30.6 Å². The molecule has 0 aliphatic rings. The Morgan fingerprint density at radius 3 is 2.36 bits per heavy atom. The number of nitrogens with two attached hydrogens (primary N) is 1. The number of carbonyl (C=O) groups excluding carboxylic acids is 1. The highest BCUT2D eigenvalue weighted by atomic mass is 32.1. The third-order valence-corrected chi connectivity index (χ3v) is 5.85. The van der Waals surface area contributed by atoms with E-state index < -0.39 is 0 Å². The predicted octanol–water partition coefficient (Wildman–Crippen LogP) is 4.67. The van der Waals surface area contributed by atoms with Crippen LogP contribution in [-0.2, 0) is 4.79 Å². The number of amides is 1. The number of fused-ring (bicyclic) bond motifs is 1. The zero-order valence-electron chi connectivity index (χ0n) is 18.6. The quantitative estimate of drug-likeness (QED) is 0.360. The molecule has 4 aromatic rings. The van der Waals surface area contributed by atoms with E-state index in [1.54, 1.807) is 33.5 Å². The van der Waals surface area contributed by atoms with E-state index >= 15 is 0 Å². The average Bonchev–Trinajstić information content (AvgIpc) is 3.22.